The van der Waals surface area contributed by atoms with E-state index in [1.54, 1.807) is 32.2 Å². The number of nitrogens with two attached hydrogens (primary N) is 1. The summed E-state index contributed by atoms with van der Waals surface area (Å²) in [4.78, 5) is 13.6. The minimum Gasteiger partial charge on any atom is -0.340 e. The van der Waals surface area contributed by atoms with Gasteiger partial charge in [0.2, 0.25) is 5.91 Å². The number of hydrogen-bond acceptors (Lipinski definition) is 2. The topological polar surface area (TPSA) is 46.3 Å². The van der Waals surface area contributed by atoms with Gasteiger partial charge < -0.3 is 10.6 Å². The van der Waals surface area contributed by atoms with Crippen LogP contribution in [0.5, 0.6) is 0 Å². The minimum absolute atomic E-state index is 0. The second kappa shape index (κ2) is 7.46. The second-order valence-electron chi connectivity index (χ2n) is 4.92. The molecule has 2 N–H and O–H groups in total. The summed E-state index contributed by atoms with van der Waals surface area (Å²) in [5.74, 6) is -0.459. The first-order valence-corrected chi connectivity index (χ1v) is 6.16. The van der Waals surface area contributed by atoms with E-state index in [1.165, 1.54) is 11.0 Å². The van der Waals surface area contributed by atoms with Gasteiger partial charge in [-0.2, -0.15) is 0 Å². The van der Waals surface area contributed by atoms with E-state index in [0.717, 1.165) is 6.42 Å². The Bertz CT molecular complexity index is 424. The summed E-state index contributed by atoms with van der Waals surface area (Å²) in [6, 6.07) is 6.45. The van der Waals surface area contributed by atoms with E-state index >= 15 is 0 Å². The molecule has 3 nitrogen and oxygen atoms in total. The van der Waals surface area contributed by atoms with Gasteiger partial charge in [-0.3, -0.25) is 4.79 Å². The smallest absolute Gasteiger partial charge is 0.242 e. The van der Waals surface area contributed by atoms with E-state index < -0.39 is 5.54 Å². The molecule has 1 aromatic carbocycles. The first-order valence-electron chi connectivity index (χ1n) is 6.16. The second-order valence-corrected chi connectivity index (χ2v) is 4.92. The zero-order chi connectivity index (χ0) is 13.8. The molecule has 1 atom stereocenters. The van der Waals surface area contributed by atoms with Crippen molar-refractivity contribution in [1.29, 1.82) is 0 Å². The van der Waals surface area contributed by atoms with Crippen molar-refractivity contribution < 1.29 is 9.18 Å². The van der Waals surface area contributed by atoms with E-state index in [1.807, 2.05) is 6.92 Å². The lowest BCUT2D eigenvalue weighted by Crippen LogP contribution is -2.51. The van der Waals surface area contributed by atoms with Crippen LogP contribution in [0.15, 0.2) is 24.3 Å². The van der Waals surface area contributed by atoms with Gasteiger partial charge in [-0.05, 0) is 19.4 Å². The molecule has 0 fully saturated rings. The molecular weight excluding hydrogens is 267 g/mol. The molecule has 0 aliphatic carbocycles. The average Bonchev–Trinajstić information content (AvgIpc) is 2.31. The molecule has 0 aliphatic rings. The Labute approximate surface area is 120 Å². The van der Waals surface area contributed by atoms with Gasteiger partial charge in [-0.15, -0.1) is 12.4 Å². The number of hydrogen-bond donors (Lipinski definition) is 1. The fourth-order valence-electron chi connectivity index (χ4n) is 2.02. The molecule has 1 unspecified atom stereocenters. The molecular formula is C14H22ClFN2O. The van der Waals surface area contributed by atoms with Crippen molar-refractivity contribution in [2.45, 2.75) is 38.8 Å². The highest BCUT2D eigenvalue weighted by molar-refractivity contribution is 5.85. The fraction of sp³-hybridized carbons (Fsp3) is 0.500. The number of carbonyl (C=O) groups is 1. The summed E-state index contributed by atoms with van der Waals surface area (Å²) in [5, 5.41) is 0. The molecule has 0 bridgehead atoms. The number of likely N-dealkylation sites (N-methyl/N-ethyl adjacent to an activating group) is 1. The first kappa shape index (κ1) is 17.9. The molecule has 1 amide bonds. The molecule has 1 aromatic rings. The van der Waals surface area contributed by atoms with Crippen molar-refractivity contribution in [3.63, 3.8) is 0 Å². The van der Waals surface area contributed by atoms with Crippen molar-refractivity contribution in [2.24, 2.45) is 5.73 Å². The quantitative estimate of drug-likeness (QED) is 0.905. The number of halogens is 2. The van der Waals surface area contributed by atoms with Gasteiger partial charge in [0.1, 0.15) is 5.82 Å². The van der Waals surface area contributed by atoms with Crippen LogP contribution in [0.1, 0.15) is 32.3 Å². The summed E-state index contributed by atoms with van der Waals surface area (Å²) in [6.07, 6.45) is 1.46. The van der Waals surface area contributed by atoms with Crippen LogP contribution in [0.3, 0.4) is 0 Å². The summed E-state index contributed by atoms with van der Waals surface area (Å²) in [7, 11) is 1.65. The van der Waals surface area contributed by atoms with Crippen LogP contribution >= 0.6 is 12.4 Å². The highest BCUT2D eigenvalue weighted by Crippen LogP contribution is 2.15. The highest BCUT2D eigenvalue weighted by Gasteiger charge is 2.30. The maximum absolute atomic E-state index is 13.5. The third kappa shape index (κ3) is 4.80. The summed E-state index contributed by atoms with van der Waals surface area (Å²) in [6.45, 7) is 3.94. The van der Waals surface area contributed by atoms with Gasteiger partial charge in [0.05, 0.1) is 5.54 Å². The molecule has 0 aromatic heterocycles. The van der Waals surface area contributed by atoms with Gasteiger partial charge in [-0.25, -0.2) is 4.39 Å². The van der Waals surface area contributed by atoms with Crippen molar-refractivity contribution in [1.82, 2.24) is 4.90 Å². The zero-order valence-electron chi connectivity index (χ0n) is 11.6. The Morgan fingerprint density at radius 3 is 2.53 bits per heavy atom. The minimum atomic E-state index is -0.880. The maximum atomic E-state index is 13.5. The summed E-state index contributed by atoms with van der Waals surface area (Å²) < 4.78 is 13.5. The highest BCUT2D eigenvalue weighted by atomic mass is 35.5. The van der Waals surface area contributed by atoms with Crippen molar-refractivity contribution in [3.05, 3.63) is 35.6 Å². The number of carbonyl (C=O) groups excluding carboxylic acids is 1. The zero-order valence-corrected chi connectivity index (χ0v) is 12.5. The third-order valence-corrected chi connectivity index (χ3v) is 2.97. The number of nitrogens with zero attached hydrogens (tertiary/aromatic N) is 1. The Morgan fingerprint density at radius 1 is 1.42 bits per heavy atom. The lowest BCUT2D eigenvalue weighted by Gasteiger charge is -2.29. The van der Waals surface area contributed by atoms with Gasteiger partial charge in [0.25, 0.3) is 0 Å². The van der Waals surface area contributed by atoms with Crippen molar-refractivity contribution in [2.75, 3.05) is 7.05 Å². The molecule has 1 rings (SSSR count). The molecule has 108 valence electrons. The lowest BCUT2D eigenvalue weighted by molar-refractivity contribution is -0.135. The van der Waals surface area contributed by atoms with E-state index in [4.69, 9.17) is 5.73 Å². The molecule has 5 heteroatoms. The van der Waals surface area contributed by atoms with Crippen LogP contribution in [0.4, 0.5) is 4.39 Å². The Balaban J connectivity index is 0.00000324. The van der Waals surface area contributed by atoms with Crippen LogP contribution in [0, 0.1) is 5.82 Å². The number of benzene rings is 1. The first-order chi connectivity index (χ1) is 8.38. The van der Waals surface area contributed by atoms with Crippen molar-refractivity contribution in [3.8, 4) is 0 Å². The molecule has 19 heavy (non-hydrogen) atoms. The SMILES string of the molecule is CCCC(C)(N)C(=O)N(C)Cc1ccccc1F.Cl. The predicted octanol–water partition coefficient (Wildman–Crippen LogP) is 2.72. The van der Waals surface area contributed by atoms with Gasteiger partial charge in [-0.1, -0.05) is 31.5 Å². The van der Waals surface area contributed by atoms with Crippen LogP contribution in [-0.4, -0.2) is 23.4 Å². The molecule has 0 heterocycles. The van der Waals surface area contributed by atoms with Crippen LogP contribution in [0.2, 0.25) is 0 Å². The molecule has 0 saturated heterocycles. The summed E-state index contributed by atoms with van der Waals surface area (Å²) in [5.41, 5.74) is 5.60. The van der Waals surface area contributed by atoms with E-state index in [0.29, 0.717) is 12.0 Å². The number of rotatable bonds is 5. The molecule has 0 saturated carbocycles. The average molecular weight is 289 g/mol. The predicted molar refractivity (Wildman–Crippen MR) is 77.6 cm³/mol. The van der Waals surface area contributed by atoms with Crippen molar-refractivity contribution >= 4 is 18.3 Å². The molecule has 0 radical (unpaired) electrons. The van der Waals surface area contributed by atoms with Gasteiger partial charge in [0.15, 0.2) is 0 Å². The van der Waals surface area contributed by atoms with E-state index in [2.05, 4.69) is 0 Å². The fourth-order valence-corrected chi connectivity index (χ4v) is 2.02. The van der Waals surface area contributed by atoms with Gasteiger partial charge in [0, 0.05) is 19.2 Å². The maximum Gasteiger partial charge on any atom is 0.242 e. The van der Waals surface area contributed by atoms with Crippen LogP contribution < -0.4 is 5.73 Å². The lowest BCUT2D eigenvalue weighted by atomic mass is 9.95. The van der Waals surface area contributed by atoms with Crippen LogP contribution in [0.25, 0.3) is 0 Å². The Hall–Kier alpha value is -1.13. The van der Waals surface area contributed by atoms with Crippen LogP contribution in [-0.2, 0) is 11.3 Å². The Kier molecular flexibility index (Phi) is 7.01. The number of amides is 1. The van der Waals surface area contributed by atoms with Gasteiger partial charge >= 0.3 is 0 Å². The normalized spacial score (nSPS) is 13.3. The third-order valence-electron chi connectivity index (χ3n) is 2.97. The van der Waals surface area contributed by atoms with E-state index in [9.17, 15) is 9.18 Å². The standard InChI is InChI=1S/C14H21FN2O.ClH/c1-4-9-14(2,16)13(18)17(3)10-11-7-5-6-8-12(11)15;/h5-8H,4,9-10,16H2,1-3H3;1H. The largest absolute Gasteiger partial charge is 0.340 e. The monoisotopic (exact) mass is 288 g/mol. The van der Waals surface area contributed by atoms with E-state index in [-0.39, 0.29) is 30.7 Å². The molecule has 0 aliphatic heterocycles. The Morgan fingerprint density at radius 2 is 2.00 bits per heavy atom. The molecule has 0 spiro atoms. The summed E-state index contributed by atoms with van der Waals surface area (Å²) >= 11 is 0.